The second-order valence-electron chi connectivity index (χ2n) is 6.64. The zero-order valence-electron chi connectivity index (χ0n) is 15.8. The Morgan fingerprint density at radius 2 is 1.85 bits per heavy atom. The van der Waals surface area contributed by atoms with Gasteiger partial charge in [-0.2, -0.15) is 5.10 Å². The van der Waals surface area contributed by atoms with Crippen LogP contribution in [0.5, 0.6) is 0 Å². The molecule has 4 nitrogen and oxygen atoms in total. The fourth-order valence-electron chi connectivity index (χ4n) is 2.95. The van der Waals surface area contributed by atoms with Crippen molar-refractivity contribution in [1.82, 2.24) is 4.90 Å². The molecule has 2 aromatic rings. The highest BCUT2D eigenvalue weighted by Gasteiger charge is 2.37. The molecule has 5 heteroatoms. The van der Waals surface area contributed by atoms with Crippen LogP contribution in [0.3, 0.4) is 0 Å². The van der Waals surface area contributed by atoms with E-state index in [2.05, 4.69) is 36.2 Å². The molecule has 27 heavy (non-hydrogen) atoms. The molecular formula is C22H25N3OS. The molecule has 1 amide bonds. The quantitative estimate of drug-likeness (QED) is 0.501. The van der Waals surface area contributed by atoms with Crippen molar-refractivity contribution in [2.75, 3.05) is 0 Å². The van der Waals surface area contributed by atoms with Crippen molar-refractivity contribution in [2.24, 2.45) is 10.2 Å². The highest BCUT2D eigenvalue weighted by molar-refractivity contribution is 8.15. The molecule has 0 N–H and O–H groups in total. The Morgan fingerprint density at radius 3 is 2.59 bits per heavy atom. The predicted molar refractivity (Wildman–Crippen MR) is 114 cm³/mol. The van der Waals surface area contributed by atoms with Crippen LogP contribution in [0.4, 0.5) is 0 Å². The van der Waals surface area contributed by atoms with Gasteiger partial charge in [0.2, 0.25) is 5.91 Å². The van der Waals surface area contributed by atoms with Crippen LogP contribution in [0.25, 0.3) is 0 Å². The summed E-state index contributed by atoms with van der Waals surface area (Å²) in [5, 5.41) is 9.26. The lowest BCUT2D eigenvalue weighted by Crippen LogP contribution is -2.31. The van der Waals surface area contributed by atoms with Gasteiger partial charge in [-0.1, -0.05) is 86.1 Å². The van der Waals surface area contributed by atoms with Crippen LogP contribution in [0.2, 0.25) is 0 Å². The molecule has 1 aliphatic rings. The van der Waals surface area contributed by atoms with Gasteiger partial charge in [0.15, 0.2) is 5.17 Å². The highest BCUT2D eigenvalue weighted by atomic mass is 32.2. The zero-order valence-corrected chi connectivity index (χ0v) is 16.7. The number of hydrogen-bond acceptors (Lipinski definition) is 4. The molecule has 0 bridgehead atoms. The van der Waals surface area contributed by atoms with Crippen molar-refractivity contribution in [2.45, 2.75) is 44.9 Å². The van der Waals surface area contributed by atoms with Crippen LogP contribution in [-0.4, -0.2) is 27.4 Å². The Balaban J connectivity index is 1.81. The van der Waals surface area contributed by atoms with E-state index in [1.165, 1.54) is 17.3 Å². The standard InChI is InChI=1S/C22H25N3OS/c1-3-4-14-20-21(26)25(16-19-13-9-8-10-17(19)2)22(27-20)24-23-15-18-11-6-5-7-12-18/h5-13,15,20H,3-4,14,16H2,1-2H3/b23-15+,24-22+. The third-order valence-corrected chi connectivity index (χ3v) is 5.81. The summed E-state index contributed by atoms with van der Waals surface area (Å²) in [6.07, 6.45) is 4.73. The molecule has 1 aliphatic heterocycles. The number of carbonyl (C=O) groups is 1. The molecule has 0 radical (unpaired) electrons. The van der Waals surface area contributed by atoms with Gasteiger partial charge in [-0.3, -0.25) is 9.69 Å². The van der Waals surface area contributed by atoms with Crippen LogP contribution in [0.15, 0.2) is 64.8 Å². The van der Waals surface area contributed by atoms with E-state index in [1.54, 1.807) is 11.1 Å². The average Bonchev–Trinajstić information content (AvgIpc) is 2.98. The lowest BCUT2D eigenvalue weighted by molar-refractivity contribution is -0.126. The summed E-state index contributed by atoms with van der Waals surface area (Å²) in [4.78, 5) is 14.7. The van der Waals surface area contributed by atoms with E-state index < -0.39 is 0 Å². The van der Waals surface area contributed by atoms with Crippen molar-refractivity contribution in [3.05, 3.63) is 71.3 Å². The van der Waals surface area contributed by atoms with E-state index in [9.17, 15) is 4.79 Å². The van der Waals surface area contributed by atoms with Gasteiger partial charge in [0.1, 0.15) is 0 Å². The van der Waals surface area contributed by atoms with E-state index in [0.29, 0.717) is 11.7 Å². The van der Waals surface area contributed by atoms with Crippen LogP contribution >= 0.6 is 11.8 Å². The second-order valence-corrected chi connectivity index (χ2v) is 7.81. The van der Waals surface area contributed by atoms with Gasteiger partial charge >= 0.3 is 0 Å². The smallest absolute Gasteiger partial charge is 0.242 e. The van der Waals surface area contributed by atoms with Gasteiger partial charge in [-0.25, -0.2) is 0 Å². The normalized spacial score (nSPS) is 18.7. The summed E-state index contributed by atoms with van der Waals surface area (Å²) in [5.74, 6) is 0.144. The number of nitrogens with zero attached hydrogens (tertiary/aromatic N) is 3. The third kappa shape index (κ3) is 5.07. The molecule has 2 aromatic carbocycles. The fraction of sp³-hybridized carbons (Fsp3) is 0.318. The van der Waals surface area contributed by atoms with Crippen molar-refractivity contribution in [1.29, 1.82) is 0 Å². The minimum atomic E-state index is -0.0559. The zero-order chi connectivity index (χ0) is 19.1. The van der Waals surface area contributed by atoms with Crippen molar-refractivity contribution in [3.8, 4) is 0 Å². The number of thioether (sulfide) groups is 1. The van der Waals surface area contributed by atoms with E-state index in [4.69, 9.17) is 0 Å². The molecule has 0 spiro atoms. The first-order valence-corrected chi connectivity index (χ1v) is 10.3. The maximum absolute atomic E-state index is 12.9. The lowest BCUT2D eigenvalue weighted by Gasteiger charge is -2.17. The predicted octanol–water partition coefficient (Wildman–Crippen LogP) is 5.02. The molecule has 140 valence electrons. The van der Waals surface area contributed by atoms with Gasteiger partial charge in [0.05, 0.1) is 18.0 Å². The Bertz CT molecular complexity index is 832. The van der Waals surface area contributed by atoms with Crippen LogP contribution < -0.4 is 0 Å². The van der Waals surface area contributed by atoms with E-state index >= 15 is 0 Å². The Labute approximate surface area is 165 Å². The van der Waals surface area contributed by atoms with Crippen molar-refractivity contribution < 1.29 is 4.79 Å². The fourth-order valence-corrected chi connectivity index (χ4v) is 4.09. The number of unbranched alkanes of at least 4 members (excludes halogenated alkanes) is 1. The van der Waals surface area contributed by atoms with Gasteiger partial charge in [0, 0.05) is 0 Å². The Kier molecular flexibility index (Phi) is 6.82. The first-order chi connectivity index (χ1) is 13.2. The second kappa shape index (κ2) is 9.51. The number of benzene rings is 2. The Hall–Kier alpha value is -2.40. The number of amidine groups is 1. The van der Waals surface area contributed by atoms with E-state index in [1.807, 2.05) is 42.5 Å². The minimum absolute atomic E-state index is 0.0559. The number of carbonyl (C=O) groups excluding carboxylic acids is 1. The van der Waals surface area contributed by atoms with Crippen molar-refractivity contribution in [3.63, 3.8) is 0 Å². The Morgan fingerprint density at radius 1 is 1.11 bits per heavy atom. The minimum Gasteiger partial charge on any atom is -0.284 e. The van der Waals surface area contributed by atoms with Crippen LogP contribution in [-0.2, 0) is 11.3 Å². The number of amides is 1. The molecule has 1 fully saturated rings. The van der Waals surface area contributed by atoms with Crippen LogP contribution in [0, 0.1) is 6.92 Å². The first-order valence-electron chi connectivity index (χ1n) is 9.37. The van der Waals surface area contributed by atoms with Crippen LogP contribution in [0.1, 0.15) is 42.9 Å². The monoisotopic (exact) mass is 379 g/mol. The first kappa shape index (κ1) is 19.4. The number of aryl methyl sites for hydroxylation is 1. The van der Waals surface area contributed by atoms with Gasteiger partial charge in [-0.15, -0.1) is 5.10 Å². The van der Waals surface area contributed by atoms with Crippen molar-refractivity contribution >= 4 is 29.1 Å². The molecule has 1 unspecified atom stereocenters. The van der Waals surface area contributed by atoms with E-state index in [0.717, 1.165) is 30.4 Å². The number of rotatable bonds is 7. The molecule has 3 rings (SSSR count). The maximum atomic E-state index is 12.9. The van der Waals surface area contributed by atoms with E-state index in [-0.39, 0.29) is 11.2 Å². The highest BCUT2D eigenvalue weighted by Crippen LogP contribution is 2.32. The summed E-state index contributed by atoms with van der Waals surface area (Å²) in [6.45, 7) is 4.76. The molecule has 0 saturated carbocycles. The molecule has 1 saturated heterocycles. The van der Waals surface area contributed by atoms with Gasteiger partial charge < -0.3 is 0 Å². The largest absolute Gasteiger partial charge is 0.284 e. The SMILES string of the molecule is CCCCC1S/C(=N/N=C/c2ccccc2)N(Cc2ccccc2C)C1=O. The topological polar surface area (TPSA) is 45.0 Å². The molecular weight excluding hydrogens is 354 g/mol. The van der Waals surface area contributed by atoms with Gasteiger partial charge in [-0.05, 0) is 30.0 Å². The summed E-state index contributed by atoms with van der Waals surface area (Å²) < 4.78 is 0. The summed E-state index contributed by atoms with van der Waals surface area (Å²) in [5.41, 5.74) is 3.31. The molecule has 1 atom stereocenters. The summed E-state index contributed by atoms with van der Waals surface area (Å²) >= 11 is 1.54. The summed E-state index contributed by atoms with van der Waals surface area (Å²) in [6, 6.07) is 18.0. The molecule has 0 aliphatic carbocycles. The molecule has 0 aromatic heterocycles. The lowest BCUT2D eigenvalue weighted by atomic mass is 10.1. The number of hydrogen-bond donors (Lipinski definition) is 0. The molecule has 1 heterocycles. The third-order valence-electron chi connectivity index (χ3n) is 4.58. The van der Waals surface area contributed by atoms with Gasteiger partial charge in [0.25, 0.3) is 0 Å². The average molecular weight is 380 g/mol. The maximum Gasteiger partial charge on any atom is 0.242 e. The summed E-state index contributed by atoms with van der Waals surface area (Å²) in [7, 11) is 0.